The molecule has 244 valence electrons. The van der Waals surface area contributed by atoms with Crippen LogP contribution in [0.4, 0.5) is 22.7 Å². The fraction of sp³-hybridized carbons (Fsp3) is 0.194. The van der Waals surface area contributed by atoms with Gasteiger partial charge in [0.1, 0.15) is 0 Å². The van der Waals surface area contributed by atoms with Gasteiger partial charge in [0.25, 0.3) is 23.2 Å². The third-order valence-corrected chi connectivity index (χ3v) is 8.35. The van der Waals surface area contributed by atoms with Crippen molar-refractivity contribution in [2.75, 3.05) is 10.6 Å². The Hall–Kier alpha value is -6.17. The van der Waals surface area contributed by atoms with Crippen molar-refractivity contribution in [1.29, 1.82) is 0 Å². The van der Waals surface area contributed by atoms with Gasteiger partial charge in [-0.1, -0.05) is 17.7 Å². The minimum Gasteiger partial charge on any atom is -0.358 e. The number of nitro benzene ring substituents is 2. The second-order valence-corrected chi connectivity index (χ2v) is 11.8. The van der Waals surface area contributed by atoms with Crippen LogP contribution in [0.2, 0.25) is 0 Å². The number of nitrogens with zero attached hydrogens (tertiary/aromatic N) is 3. The summed E-state index contributed by atoms with van der Waals surface area (Å²) in [5.74, 6) is -0.790. The summed E-state index contributed by atoms with van der Waals surface area (Å²) in [7, 11) is 0. The minimum absolute atomic E-state index is 0.0824. The molecule has 0 atom stereocenters. The monoisotopic (exact) mass is 646 g/mol. The quantitative estimate of drug-likeness (QED) is 0.130. The van der Waals surface area contributed by atoms with E-state index in [0.29, 0.717) is 56.4 Å². The van der Waals surface area contributed by atoms with Gasteiger partial charge in [0.05, 0.1) is 38.1 Å². The molecule has 0 saturated carbocycles. The Kier molecular flexibility index (Phi) is 8.93. The number of anilines is 2. The topological polar surface area (TPSA) is 173 Å². The molecule has 2 amide bonds. The van der Waals surface area contributed by atoms with Gasteiger partial charge in [-0.3, -0.25) is 34.8 Å². The highest BCUT2D eigenvalue weighted by molar-refractivity contribution is 6.27. The number of aromatic amines is 1. The summed E-state index contributed by atoms with van der Waals surface area (Å²) in [6, 6.07) is 15.4. The fourth-order valence-electron chi connectivity index (χ4n) is 6.27. The van der Waals surface area contributed by atoms with E-state index >= 15 is 0 Å². The maximum absolute atomic E-state index is 13.6. The average molecular weight is 647 g/mol. The van der Waals surface area contributed by atoms with Gasteiger partial charge in [-0.05, 0) is 101 Å². The van der Waals surface area contributed by atoms with Gasteiger partial charge in [0.15, 0.2) is 0 Å². The fourth-order valence-corrected chi connectivity index (χ4v) is 6.27. The minimum atomic E-state index is -0.505. The van der Waals surface area contributed by atoms with Crippen molar-refractivity contribution in [3.63, 3.8) is 0 Å². The predicted octanol–water partition coefficient (Wildman–Crippen LogP) is 7.81. The molecule has 12 nitrogen and oxygen atoms in total. The Balaban J connectivity index is 1.63. The molecule has 3 N–H and O–H groups in total. The summed E-state index contributed by atoms with van der Waals surface area (Å²) in [6.45, 7) is 13.3. The standard InChI is InChI=1S/C36H34N6O6/c1-18-16-19(2)29(20(3)17-18)32(33-21(4)30(23(6)37-33)35(43)39-25-8-12-27(13-9-25)41(45)46)34-22(5)31(24(7)38-34)36(44)40-26-10-14-28(15-11-26)42(47)48/h8-17,37H,1-7H3,(H,39,43)(H,40,44)/b34-32-. The molecule has 3 aromatic carbocycles. The summed E-state index contributed by atoms with van der Waals surface area (Å²) in [5, 5.41) is 27.8. The lowest BCUT2D eigenvalue weighted by Gasteiger charge is -2.18. The first-order chi connectivity index (χ1) is 22.7. The highest BCUT2D eigenvalue weighted by atomic mass is 16.6. The Morgan fingerprint density at radius 3 is 1.67 bits per heavy atom. The smallest absolute Gasteiger partial charge is 0.269 e. The summed E-state index contributed by atoms with van der Waals surface area (Å²) < 4.78 is 0. The van der Waals surface area contributed by atoms with E-state index in [1.807, 2.05) is 34.6 Å². The first-order valence-electron chi connectivity index (χ1n) is 15.1. The molecule has 0 spiro atoms. The van der Waals surface area contributed by atoms with Crippen molar-refractivity contribution in [3.8, 4) is 0 Å². The van der Waals surface area contributed by atoms with Gasteiger partial charge >= 0.3 is 0 Å². The first kappa shape index (κ1) is 33.2. The molecule has 1 aliphatic heterocycles. The predicted molar refractivity (Wildman–Crippen MR) is 186 cm³/mol. The highest BCUT2D eigenvalue weighted by Crippen LogP contribution is 2.41. The third kappa shape index (κ3) is 6.27. The second-order valence-electron chi connectivity index (χ2n) is 11.8. The Labute approximate surface area is 276 Å². The largest absolute Gasteiger partial charge is 0.358 e. The zero-order valence-corrected chi connectivity index (χ0v) is 27.6. The van der Waals surface area contributed by atoms with Crippen LogP contribution in [0.5, 0.6) is 0 Å². The Morgan fingerprint density at radius 1 is 0.708 bits per heavy atom. The Morgan fingerprint density at radius 2 is 1.19 bits per heavy atom. The molecule has 48 heavy (non-hydrogen) atoms. The summed E-state index contributed by atoms with van der Waals surface area (Å²) in [4.78, 5) is 56.7. The number of nitrogens with one attached hydrogen (secondary N) is 3. The van der Waals surface area contributed by atoms with Crippen LogP contribution < -0.4 is 10.6 Å². The third-order valence-electron chi connectivity index (χ3n) is 8.35. The first-order valence-corrected chi connectivity index (χ1v) is 15.1. The maximum atomic E-state index is 13.6. The molecule has 1 aliphatic rings. The van der Waals surface area contributed by atoms with Gasteiger partial charge in [-0.15, -0.1) is 0 Å². The van der Waals surface area contributed by atoms with Crippen molar-refractivity contribution < 1.29 is 19.4 Å². The molecule has 12 heteroatoms. The lowest BCUT2D eigenvalue weighted by Crippen LogP contribution is -2.18. The number of non-ortho nitro benzene ring substituents is 2. The number of nitro groups is 2. The number of amides is 2. The number of aryl methyl sites for hydroxylation is 4. The number of rotatable bonds is 8. The van der Waals surface area contributed by atoms with E-state index in [4.69, 9.17) is 4.99 Å². The number of benzene rings is 3. The number of carbonyl (C=O) groups is 2. The van der Waals surface area contributed by atoms with E-state index in [0.717, 1.165) is 27.8 Å². The number of hydrogen-bond acceptors (Lipinski definition) is 7. The molecule has 0 radical (unpaired) electrons. The van der Waals surface area contributed by atoms with Crippen LogP contribution in [0.15, 0.2) is 82.5 Å². The van der Waals surface area contributed by atoms with E-state index in [9.17, 15) is 29.8 Å². The van der Waals surface area contributed by atoms with Crippen LogP contribution in [0, 0.1) is 54.8 Å². The number of H-pyrrole nitrogens is 1. The van der Waals surface area contributed by atoms with E-state index < -0.39 is 15.8 Å². The molecular formula is C36H34N6O6. The molecule has 0 aliphatic carbocycles. The van der Waals surface area contributed by atoms with Gasteiger partial charge in [-0.25, -0.2) is 0 Å². The molecule has 0 fully saturated rings. The van der Waals surface area contributed by atoms with E-state index in [2.05, 4.69) is 27.8 Å². The van der Waals surface area contributed by atoms with Crippen LogP contribution >= 0.6 is 0 Å². The second kappa shape index (κ2) is 12.9. The lowest BCUT2D eigenvalue weighted by atomic mass is 9.87. The van der Waals surface area contributed by atoms with Crippen LogP contribution in [0.25, 0.3) is 5.57 Å². The summed E-state index contributed by atoms with van der Waals surface area (Å²) >= 11 is 0. The van der Waals surface area contributed by atoms with Crippen molar-refractivity contribution in [2.24, 2.45) is 4.99 Å². The van der Waals surface area contributed by atoms with Crippen molar-refractivity contribution >= 4 is 45.8 Å². The van der Waals surface area contributed by atoms with Gasteiger partial charge in [0.2, 0.25) is 0 Å². The lowest BCUT2D eigenvalue weighted by molar-refractivity contribution is -0.385. The van der Waals surface area contributed by atoms with E-state index in [1.165, 1.54) is 48.5 Å². The zero-order chi connectivity index (χ0) is 35.0. The van der Waals surface area contributed by atoms with E-state index in [-0.39, 0.29) is 17.3 Å². The highest BCUT2D eigenvalue weighted by Gasteiger charge is 2.31. The molecule has 1 aromatic heterocycles. The number of carbonyl (C=O) groups excluding carboxylic acids is 2. The van der Waals surface area contributed by atoms with Crippen molar-refractivity contribution in [1.82, 2.24) is 4.98 Å². The van der Waals surface area contributed by atoms with Gasteiger partial charge in [0, 0.05) is 46.9 Å². The summed E-state index contributed by atoms with van der Waals surface area (Å²) in [6.07, 6.45) is 0. The van der Waals surface area contributed by atoms with E-state index in [1.54, 1.807) is 13.8 Å². The van der Waals surface area contributed by atoms with Crippen LogP contribution in [0.3, 0.4) is 0 Å². The van der Waals surface area contributed by atoms with Crippen molar-refractivity contribution in [3.05, 3.63) is 143 Å². The SMILES string of the molecule is CC1=N/C(=C(\c2[nH]c(C)c(C(=O)Nc3ccc([N+](=O)[O-])cc3)c2C)c2c(C)cc(C)cc2C)C(C)=C1C(=O)Nc1ccc([N+](=O)[O-])cc1. The molecule has 0 bridgehead atoms. The molecule has 2 heterocycles. The summed E-state index contributed by atoms with van der Waals surface area (Å²) in [5.41, 5.74) is 9.79. The number of allylic oxidation sites excluding steroid dienone is 1. The molecule has 0 unspecified atom stereocenters. The van der Waals surface area contributed by atoms with Crippen molar-refractivity contribution in [2.45, 2.75) is 48.5 Å². The van der Waals surface area contributed by atoms with Crippen LogP contribution in [-0.2, 0) is 4.79 Å². The number of aromatic nitrogens is 1. The normalized spacial score (nSPS) is 13.7. The van der Waals surface area contributed by atoms with Crippen LogP contribution in [-0.4, -0.2) is 32.4 Å². The molecule has 4 aromatic rings. The molecular weight excluding hydrogens is 612 g/mol. The maximum Gasteiger partial charge on any atom is 0.269 e. The zero-order valence-electron chi connectivity index (χ0n) is 27.6. The Bertz CT molecular complexity index is 2100. The van der Waals surface area contributed by atoms with Crippen LogP contribution in [0.1, 0.15) is 63.4 Å². The molecule has 5 rings (SSSR count). The number of hydrogen-bond donors (Lipinski definition) is 3. The average Bonchev–Trinajstić information content (AvgIpc) is 3.48. The molecule has 0 saturated heterocycles. The van der Waals surface area contributed by atoms with Gasteiger partial charge < -0.3 is 15.6 Å². The van der Waals surface area contributed by atoms with Gasteiger partial charge in [-0.2, -0.15) is 0 Å². The number of aliphatic imine (C=N–C) groups is 1.